The van der Waals surface area contributed by atoms with Crippen molar-refractivity contribution in [3.8, 4) is 0 Å². The molecule has 18 heavy (non-hydrogen) atoms. The lowest BCUT2D eigenvalue weighted by atomic mass is 9.87. The normalized spacial score (nSPS) is 25.3. The largest absolute Gasteiger partial charge is 0.396 e. The second-order valence-electron chi connectivity index (χ2n) is 6.05. The lowest BCUT2D eigenvalue weighted by Crippen LogP contribution is -2.41. The minimum absolute atomic E-state index is 0.0128. The minimum atomic E-state index is 0.0128. The highest BCUT2D eigenvalue weighted by molar-refractivity contribution is 5.78. The third-order valence-electron chi connectivity index (χ3n) is 4.54. The molecule has 2 rings (SSSR count). The standard InChI is InChI=1S/C14H27N3O/c15-13(17-12-6-2-1-3-7-12)16-10-14(11-18)8-4-5-9-14/h12,18H,1-11H2,(H3,15,16,17). The Hall–Kier alpha value is -0.770. The van der Waals surface area contributed by atoms with Gasteiger partial charge in [0.2, 0.25) is 0 Å². The number of nitrogens with one attached hydrogen (secondary N) is 1. The number of rotatable bonds is 4. The summed E-state index contributed by atoms with van der Waals surface area (Å²) >= 11 is 0. The summed E-state index contributed by atoms with van der Waals surface area (Å²) in [6.45, 7) is 0.919. The van der Waals surface area contributed by atoms with E-state index in [1.807, 2.05) is 0 Å². The Labute approximate surface area is 110 Å². The van der Waals surface area contributed by atoms with Crippen molar-refractivity contribution in [1.82, 2.24) is 5.32 Å². The predicted molar refractivity (Wildman–Crippen MR) is 74.5 cm³/mol. The average Bonchev–Trinajstić information content (AvgIpc) is 2.87. The molecule has 0 saturated heterocycles. The van der Waals surface area contributed by atoms with Crippen molar-refractivity contribution in [1.29, 1.82) is 0 Å². The summed E-state index contributed by atoms with van der Waals surface area (Å²) in [7, 11) is 0. The van der Waals surface area contributed by atoms with Crippen LogP contribution < -0.4 is 11.1 Å². The molecule has 4 nitrogen and oxygen atoms in total. The fraction of sp³-hybridized carbons (Fsp3) is 0.929. The molecular formula is C14H27N3O. The summed E-state index contributed by atoms with van der Waals surface area (Å²) in [6, 6.07) is 0.510. The maximum atomic E-state index is 9.52. The summed E-state index contributed by atoms with van der Waals surface area (Å²) in [5.41, 5.74) is 5.97. The minimum Gasteiger partial charge on any atom is -0.396 e. The first-order chi connectivity index (χ1) is 8.74. The van der Waals surface area contributed by atoms with E-state index in [0.29, 0.717) is 18.5 Å². The summed E-state index contributed by atoms with van der Waals surface area (Å²) in [5.74, 6) is 0.571. The molecule has 0 bridgehead atoms. The van der Waals surface area contributed by atoms with Gasteiger partial charge in [-0.2, -0.15) is 0 Å². The van der Waals surface area contributed by atoms with Crippen molar-refractivity contribution in [3.63, 3.8) is 0 Å². The van der Waals surface area contributed by atoms with Crippen LogP contribution in [0, 0.1) is 5.41 Å². The topological polar surface area (TPSA) is 70.6 Å². The number of guanidine groups is 1. The lowest BCUT2D eigenvalue weighted by molar-refractivity contribution is 0.138. The van der Waals surface area contributed by atoms with Crippen LogP contribution in [0.15, 0.2) is 4.99 Å². The van der Waals surface area contributed by atoms with Crippen molar-refractivity contribution in [2.75, 3.05) is 13.2 Å². The van der Waals surface area contributed by atoms with E-state index in [0.717, 1.165) is 12.8 Å². The molecule has 0 amide bonds. The van der Waals surface area contributed by atoms with Crippen LogP contribution in [-0.4, -0.2) is 30.3 Å². The molecule has 0 heterocycles. The van der Waals surface area contributed by atoms with E-state index in [9.17, 15) is 5.11 Å². The zero-order valence-corrected chi connectivity index (χ0v) is 11.3. The van der Waals surface area contributed by atoms with Gasteiger partial charge in [-0.15, -0.1) is 0 Å². The lowest BCUT2D eigenvalue weighted by Gasteiger charge is -2.26. The van der Waals surface area contributed by atoms with Gasteiger partial charge in [0.1, 0.15) is 0 Å². The monoisotopic (exact) mass is 253 g/mol. The summed E-state index contributed by atoms with van der Waals surface area (Å²) in [6.07, 6.45) is 11.0. The Morgan fingerprint density at radius 1 is 1.17 bits per heavy atom. The molecular weight excluding hydrogens is 226 g/mol. The molecule has 0 atom stereocenters. The van der Waals surface area contributed by atoms with E-state index in [1.165, 1.54) is 44.9 Å². The molecule has 0 aromatic rings. The van der Waals surface area contributed by atoms with Crippen LogP contribution in [0.2, 0.25) is 0 Å². The molecule has 2 aliphatic carbocycles. The van der Waals surface area contributed by atoms with Crippen molar-refractivity contribution in [2.24, 2.45) is 16.1 Å². The molecule has 0 radical (unpaired) electrons. The average molecular weight is 253 g/mol. The third kappa shape index (κ3) is 3.61. The van der Waals surface area contributed by atoms with Gasteiger partial charge in [-0.3, -0.25) is 4.99 Å². The molecule has 0 aromatic carbocycles. The van der Waals surface area contributed by atoms with E-state index in [4.69, 9.17) is 5.73 Å². The Bertz CT molecular complexity index is 279. The number of aliphatic imine (C=N–C) groups is 1. The van der Waals surface area contributed by atoms with Crippen LogP contribution in [0.5, 0.6) is 0 Å². The van der Waals surface area contributed by atoms with Crippen LogP contribution >= 0.6 is 0 Å². The zero-order chi connectivity index (χ0) is 12.8. The van der Waals surface area contributed by atoms with Gasteiger partial charge < -0.3 is 16.2 Å². The van der Waals surface area contributed by atoms with Crippen molar-refractivity contribution in [2.45, 2.75) is 63.8 Å². The van der Waals surface area contributed by atoms with Gasteiger partial charge in [0.05, 0.1) is 13.2 Å². The maximum absolute atomic E-state index is 9.52. The molecule has 0 aromatic heterocycles. The molecule has 2 aliphatic rings. The van der Waals surface area contributed by atoms with Crippen molar-refractivity contribution >= 4 is 5.96 Å². The first kappa shape index (κ1) is 13.7. The molecule has 4 N–H and O–H groups in total. The third-order valence-corrected chi connectivity index (χ3v) is 4.54. The van der Waals surface area contributed by atoms with E-state index in [2.05, 4.69) is 10.3 Å². The Morgan fingerprint density at radius 3 is 2.44 bits per heavy atom. The summed E-state index contributed by atoms with van der Waals surface area (Å²) < 4.78 is 0. The van der Waals surface area contributed by atoms with Gasteiger partial charge in [0, 0.05) is 11.5 Å². The zero-order valence-electron chi connectivity index (χ0n) is 11.3. The van der Waals surface area contributed by atoms with Crippen LogP contribution in [0.1, 0.15) is 57.8 Å². The van der Waals surface area contributed by atoms with Gasteiger partial charge in [-0.25, -0.2) is 0 Å². The van der Waals surface area contributed by atoms with E-state index in [1.54, 1.807) is 0 Å². The molecule has 2 saturated carbocycles. The Morgan fingerprint density at radius 2 is 1.83 bits per heavy atom. The first-order valence-corrected chi connectivity index (χ1v) is 7.41. The Kier molecular flexibility index (Phi) is 4.87. The second-order valence-corrected chi connectivity index (χ2v) is 6.05. The van der Waals surface area contributed by atoms with E-state index >= 15 is 0 Å². The molecule has 4 heteroatoms. The van der Waals surface area contributed by atoms with Crippen LogP contribution in [0.4, 0.5) is 0 Å². The molecule has 0 spiro atoms. The fourth-order valence-electron chi connectivity index (χ4n) is 3.25. The highest BCUT2D eigenvalue weighted by Gasteiger charge is 2.33. The Balaban J connectivity index is 1.80. The van der Waals surface area contributed by atoms with Crippen LogP contribution in [0.3, 0.4) is 0 Å². The molecule has 104 valence electrons. The fourth-order valence-corrected chi connectivity index (χ4v) is 3.25. The number of nitrogens with two attached hydrogens (primary N) is 1. The summed E-state index contributed by atoms with van der Waals surface area (Å²) in [4.78, 5) is 4.47. The van der Waals surface area contributed by atoms with Gasteiger partial charge in [0.25, 0.3) is 0 Å². The molecule has 0 aliphatic heterocycles. The highest BCUT2D eigenvalue weighted by Crippen LogP contribution is 2.37. The van der Waals surface area contributed by atoms with Gasteiger partial charge in [-0.1, -0.05) is 32.1 Å². The quantitative estimate of drug-likeness (QED) is 0.528. The number of hydrogen-bond acceptors (Lipinski definition) is 2. The van der Waals surface area contributed by atoms with Gasteiger partial charge in [0.15, 0.2) is 5.96 Å². The molecule has 2 fully saturated rings. The predicted octanol–water partition coefficient (Wildman–Crippen LogP) is 1.78. The number of aliphatic hydroxyl groups is 1. The van der Waals surface area contributed by atoms with Gasteiger partial charge in [-0.05, 0) is 25.7 Å². The van der Waals surface area contributed by atoms with Gasteiger partial charge >= 0.3 is 0 Å². The summed E-state index contributed by atoms with van der Waals surface area (Å²) in [5, 5.41) is 12.9. The van der Waals surface area contributed by atoms with Crippen LogP contribution in [-0.2, 0) is 0 Å². The smallest absolute Gasteiger partial charge is 0.188 e. The van der Waals surface area contributed by atoms with Crippen molar-refractivity contribution < 1.29 is 5.11 Å². The molecule has 0 unspecified atom stereocenters. The number of nitrogens with zero attached hydrogens (tertiary/aromatic N) is 1. The van der Waals surface area contributed by atoms with E-state index in [-0.39, 0.29) is 12.0 Å². The first-order valence-electron chi connectivity index (χ1n) is 7.41. The highest BCUT2D eigenvalue weighted by atomic mass is 16.3. The van der Waals surface area contributed by atoms with E-state index < -0.39 is 0 Å². The number of hydrogen-bond donors (Lipinski definition) is 3. The number of aliphatic hydroxyl groups excluding tert-OH is 1. The van der Waals surface area contributed by atoms with Crippen molar-refractivity contribution in [3.05, 3.63) is 0 Å². The maximum Gasteiger partial charge on any atom is 0.188 e. The second kappa shape index (κ2) is 6.41. The van der Waals surface area contributed by atoms with Crippen LogP contribution in [0.25, 0.3) is 0 Å². The SMILES string of the molecule is NC(=NCC1(CO)CCCC1)NC1CCCCC1.